The Bertz CT molecular complexity index is 1120. The number of benzene rings is 2. The minimum absolute atomic E-state index is 0.0810. The van der Waals surface area contributed by atoms with Crippen LogP contribution in [0.15, 0.2) is 53.4 Å². The monoisotopic (exact) mass is 485 g/mol. The third-order valence-electron chi connectivity index (χ3n) is 6.33. The minimum Gasteiger partial charge on any atom is -0.332 e. The number of urea groups is 1. The number of anilines is 1. The summed E-state index contributed by atoms with van der Waals surface area (Å²) >= 11 is 0. The van der Waals surface area contributed by atoms with Gasteiger partial charge in [-0.15, -0.1) is 0 Å². The number of carbonyl (C=O) groups is 1. The highest BCUT2D eigenvalue weighted by molar-refractivity contribution is 7.92. The molecule has 0 aliphatic carbocycles. The Labute approximate surface area is 189 Å². The number of carbonyl (C=O) groups excluding carboxylic acids is 1. The predicted octanol–water partition coefficient (Wildman–Crippen LogP) is 4.14. The Hall–Kier alpha value is -2.82. The Morgan fingerprint density at radius 3 is 2.24 bits per heavy atom. The van der Waals surface area contributed by atoms with Crippen LogP contribution in [-0.2, 0) is 15.4 Å². The molecule has 6 nitrogen and oxygen atoms in total. The van der Waals surface area contributed by atoms with Crippen molar-refractivity contribution < 1.29 is 30.8 Å². The lowest BCUT2D eigenvalue weighted by atomic mass is 9.74. The average Bonchev–Trinajstić information content (AvgIpc) is 3.13. The van der Waals surface area contributed by atoms with Gasteiger partial charge in [-0.25, -0.2) is 30.8 Å². The molecule has 2 aliphatic rings. The van der Waals surface area contributed by atoms with E-state index < -0.39 is 40.9 Å². The van der Waals surface area contributed by atoms with Crippen LogP contribution < -0.4 is 9.62 Å². The number of rotatable bonds is 5. The number of fused-ring (bicyclic) bond motifs is 2. The Balaban J connectivity index is 1.57. The molecule has 33 heavy (non-hydrogen) atoms. The third-order valence-corrected chi connectivity index (χ3v) is 8.10. The Kier molecular flexibility index (Phi) is 6.26. The van der Waals surface area contributed by atoms with Crippen LogP contribution >= 0.6 is 0 Å². The fourth-order valence-corrected chi connectivity index (χ4v) is 6.12. The summed E-state index contributed by atoms with van der Waals surface area (Å²) in [4.78, 5) is 13.5. The zero-order valence-electron chi connectivity index (χ0n) is 17.6. The summed E-state index contributed by atoms with van der Waals surface area (Å²) in [5.74, 6) is 0. The van der Waals surface area contributed by atoms with Gasteiger partial charge in [0, 0.05) is 30.6 Å². The molecule has 0 atom stereocenters. The number of piperidine rings is 1. The molecule has 2 aromatic rings. The predicted molar refractivity (Wildman–Crippen MR) is 114 cm³/mol. The van der Waals surface area contributed by atoms with Gasteiger partial charge in [-0.3, -0.25) is 4.31 Å². The standard InChI is InChI=1S/C22H23F4N3O3S/c23-19(24)13-27-21(30)28-11-9-22(10-12-28)14-29(18-4-2-1-3-17(18)22)33(31,32)16-7-5-15(6-8-16)20(25)26/h1-8,19-20H,9-14H2,(H,27,30). The first-order valence-corrected chi connectivity index (χ1v) is 11.9. The fourth-order valence-electron chi connectivity index (χ4n) is 4.55. The van der Waals surface area contributed by atoms with Crippen LogP contribution in [0.25, 0.3) is 0 Å². The molecule has 2 amide bonds. The van der Waals surface area contributed by atoms with Gasteiger partial charge >= 0.3 is 6.03 Å². The third kappa shape index (κ3) is 4.38. The maximum atomic E-state index is 13.4. The van der Waals surface area contributed by atoms with E-state index in [0.717, 1.165) is 17.7 Å². The number of sulfonamides is 1. The topological polar surface area (TPSA) is 69.7 Å². The van der Waals surface area contributed by atoms with Crippen LogP contribution in [0.4, 0.5) is 28.0 Å². The zero-order chi connectivity index (χ0) is 23.8. The number of hydrogen-bond acceptors (Lipinski definition) is 3. The van der Waals surface area contributed by atoms with Crippen molar-refractivity contribution in [2.24, 2.45) is 0 Å². The van der Waals surface area contributed by atoms with E-state index in [9.17, 15) is 30.8 Å². The van der Waals surface area contributed by atoms with Crippen molar-refractivity contribution in [3.63, 3.8) is 0 Å². The summed E-state index contributed by atoms with van der Waals surface area (Å²) in [6.07, 6.45) is -4.41. The lowest BCUT2D eigenvalue weighted by Crippen LogP contribution is -2.51. The molecule has 11 heteroatoms. The molecule has 0 saturated carbocycles. The molecule has 0 unspecified atom stereocenters. The molecule has 1 N–H and O–H groups in total. The van der Waals surface area contributed by atoms with Gasteiger partial charge in [-0.1, -0.05) is 30.3 Å². The Morgan fingerprint density at radius 2 is 1.64 bits per heavy atom. The summed E-state index contributed by atoms with van der Waals surface area (Å²) in [5, 5.41) is 2.19. The average molecular weight is 486 g/mol. The van der Waals surface area contributed by atoms with Crippen molar-refractivity contribution >= 4 is 21.7 Å². The van der Waals surface area contributed by atoms with E-state index in [-0.39, 0.29) is 17.0 Å². The molecule has 4 rings (SSSR count). The Morgan fingerprint density at radius 1 is 1.00 bits per heavy atom. The van der Waals surface area contributed by atoms with Crippen molar-refractivity contribution in [1.82, 2.24) is 10.2 Å². The maximum absolute atomic E-state index is 13.4. The number of halogens is 4. The normalized spacial score (nSPS) is 17.6. The van der Waals surface area contributed by atoms with Crippen molar-refractivity contribution in [2.45, 2.75) is 36.0 Å². The van der Waals surface area contributed by atoms with E-state index >= 15 is 0 Å². The number of para-hydroxylation sites is 1. The molecular weight excluding hydrogens is 462 g/mol. The smallest absolute Gasteiger partial charge is 0.317 e. The van der Waals surface area contributed by atoms with Gasteiger partial charge in [-0.05, 0) is 36.6 Å². The summed E-state index contributed by atoms with van der Waals surface area (Å²) in [7, 11) is -4.01. The summed E-state index contributed by atoms with van der Waals surface area (Å²) < 4.78 is 78.7. The molecule has 2 aromatic carbocycles. The summed E-state index contributed by atoms with van der Waals surface area (Å²) in [6.45, 7) is 0.0121. The lowest BCUT2D eigenvalue weighted by Gasteiger charge is -2.39. The quantitative estimate of drug-likeness (QED) is 0.648. The molecular formula is C22H23F4N3O3S. The molecule has 2 heterocycles. The first-order valence-electron chi connectivity index (χ1n) is 10.5. The highest BCUT2D eigenvalue weighted by Gasteiger charge is 2.48. The first kappa shape index (κ1) is 23.3. The van der Waals surface area contributed by atoms with Crippen molar-refractivity contribution in [3.8, 4) is 0 Å². The molecule has 0 aromatic heterocycles. The molecule has 1 spiro atoms. The second-order valence-corrected chi connectivity index (χ2v) is 10.1. The van der Waals surface area contributed by atoms with Crippen LogP contribution in [-0.4, -0.2) is 52.0 Å². The molecule has 1 saturated heterocycles. The van der Waals surface area contributed by atoms with E-state index in [1.807, 2.05) is 12.1 Å². The van der Waals surface area contributed by atoms with Crippen LogP contribution in [0.1, 0.15) is 30.4 Å². The van der Waals surface area contributed by atoms with E-state index in [1.54, 1.807) is 12.1 Å². The van der Waals surface area contributed by atoms with Crippen LogP contribution in [0.3, 0.4) is 0 Å². The molecule has 0 bridgehead atoms. The highest BCUT2D eigenvalue weighted by Crippen LogP contribution is 2.48. The number of nitrogens with zero attached hydrogens (tertiary/aromatic N) is 2. The molecule has 0 radical (unpaired) electrons. The van der Waals surface area contributed by atoms with E-state index in [4.69, 9.17) is 0 Å². The first-order chi connectivity index (χ1) is 15.6. The maximum Gasteiger partial charge on any atom is 0.317 e. The number of alkyl halides is 4. The van der Waals surface area contributed by atoms with E-state index in [2.05, 4.69) is 5.32 Å². The number of amides is 2. The summed E-state index contributed by atoms with van der Waals surface area (Å²) in [6, 6.07) is 11.1. The van der Waals surface area contributed by atoms with Gasteiger partial charge < -0.3 is 10.2 Å². The molecule has 2 aliphatic heterocycles. The van der Waals surface area contributed by atoms with Crippen LogP contribution in [0.5, 0.6) is 0 Å². The van der Waals surface area contributed by atoms with Gasteiger partial charge in [0.15, 0.2) is 0 Å². The molecule has 178 valence electrons. The second-order valence-electron chi connectivity index (χ2n) is 8.24. The van der Waals surface area contributed by atoms with E-state index in [1.165, 1.54) is 21.3 Å². The minimum atomic E-state index is -4.01. The number of nitrogens with one attached hydrogen (secondary N) is 1. The highest BCUT2D eigenvalue weighted by atomic mass is 32.2. The molecule has 1 fully saturated rings. The van der Waals surface area contributed by atoms with Crippen LogP contribution in [0.2, 0.25) is 0 Å². The van der Waals surface area contributed by atoms with Gasteiger partial charge in [-0.2, -0.15) is 0 Å². The SMILES string of the molecule is O=C(NCC(F)F)N1CCC2(CC1)CN(S(=O)(=O)c1ccc(C(F)F)cc1)c1ccccc12. The zero-order valence-corrected chi connectivity index (χ0v) is 18.4. The van der Waals surface area contributed by atoms with Gasteiger partial charge in [0.25, 0.3) is 22.9 Å². The van der Waals surface area contributed by atoms with Crippen LogP contribution in [0, 0.1) is 0 Å². The fraction of sp³-hybridized carbons (Fsp3) is 0.409. The van der Waals surface area contributed by atoms with Crippen molar-refractivity contribution in [1.29, 1.82) is 0 Å². The van der Waals surface area contributed by atoms with Gasteiger partial charge in [0.2, 0.25) is 0 Å². The number of likely N-dealkylation sites (tertiary alicyclic amines) is 1. The van der Waals surface area contributed by atoms with Crippen molar-refractivity contribution in [3.05, 3.63) is 59.7 Å². The van der Waals surface area contributed by atoms with Crippen molar-refractivity contribution in [2.75, 3.05) is 30.5 Å². The summed E-state index contributed by atoms with van der Waals surface area (Å²) in [5.41, 5.74) is 0.563. The number of hydrogen-bond donors (Lipinski definition) is 1. The lowest BCUT2D eigenvalue weighted by molar-refractivity contribution is 0.131. The second kappa shape index (κ2) is 8.85. The van der Waals surface area contributed by atoms with Gasteiger partial charge in [0.05, 0.1) is 17.1 Å². The largest absolute Gasteiger partial charge is 0.332 e. The van der Waals surface area contributed by atoms with E-state index in [0.29, 0.717) is 31.6 Å². The van der Waals surface area contributed by atoms with Gasteiger partial charge in [0.1, 0.15) is 0 Å².